The van der Waals surface area contributed by atoms with Gasteiger partial charge in [0.05, 0.1) is 0 Å². The maximum absolute atomic E-state index is 11.7. The van der Waals surface area contributed by atoms with Gasteiger partial charge in [-0.25, -0.2) is 0 Å². The predicted molar refractivity (Wildman–Crippen MR) is 59.3 cm³/mol. The van der Waals surface area contributed by atoms with Crippen molar-refractivity contribution in [3.63, 3.8) is 0 Å². The van der Waals surface area contributed by atoms with Crippen LogP contribution in [0.3, 0.4) is 0 Å². The van der Waals surface area contributed by atoms with E-state index in [0.717, 1.165) is 11.3 Å². The summed E-state index contributed by atoms with van der Waals surface area (Å²) in [4.78, 5) is 13.4. The van der Waals surface area contributed by atoms with E-state index in [2.05, 4.69) is 0 Å². The van der Waals surface area contributed by atoms with Gasteiger partial charge >= 0.3 is 0 Å². The van der Waals surface area contributed by atoms with E-state index in [4.69, 9.17) is 11.5 Å². The van der Waals surface area contributed by atoms with Gasteiger partial charge in [-0.3, -0.25) is 4.79 Å². The molecule has 1 atom stereocenters. The number of hydrogen-bond donors (Lipinski definition) is 2. The molecule has 1 unspecified atom stereocenters. The first-order valence-electron chi connectivity index (χ1n) is 5.06. The Morgan fingerprint density at radius 2 is 2.13 bits per heavy atom. The fraction of sp³-hybridized carbons (Fsp3) is 0.364. The molecule has 0 radical (unpaired) electrons. The normalized spacial score (nSPS) is 21.1. The van der Waals surface area contributed by atoms with Crippen LogP contribution in [0.5, 0.6) is 0 Å². The first-order chi connectivity index (χ1) is 7.22. The highest BCUT2D eigenvalue weighted by Crippen LogP contribution is 2.24. The maximum Gasteiger partial charge on any atom is 0.228 e. The Hall–Kier alpha value is -1.39. The zero-order chi connectivity index (χ0) is 10.8. The van der Waals surface area contributed by atoms with E-state index in [1.165, 1.54) is 0 Å². The minimum absolute atomic E-state index is 0.0525. The van der Waals surface area contributed by atoms with Gasteiger partial charge in [0.25, 0.3) is 0 Å². The van der Waals surface area contributed by atoms with Gasteiger partial charge in [0.15, 0.2) is 0 Å². The monoisotopic (exact) mass is 205 g/mol. The van der Waals surface area contributed by atoms with E-state index in [-0.39, 0.29) is 11.9 Å². The van der Waals surface area contributed by atoms with E-state index < -0.39 is 0 Å². The zero-order valence-electron chi connectivity index (χ0n) is 8.52. The lowest BCUT2D eigenvalue weighted by molar-refractivity contribution is -0.117. The van der Waals surface area contributed by atoms with Crippen LogP contribution >= 0.6 is 0 Å². The van der Waals surface area contributed by atoms with Crippen LogP contribution in [-0.4, -0.2) is 18.5 Å². The molecule has 4 nitrogen and oxygen atoms in total. The molecular weight excluding hydrogens is 190 g/mol. The minimum atomic E-state index is -0.0525. The van der Waals surface area contributed by atoms with Gasteiger partial charge in [-0.1, -0.05) is 18.2 Å². The van der Waals surface area contributed by atoms with Gasteiger partial charge < -0.3 is 16.4 Å². The van der Waals surface area contributed by atoms with Gasteiger partial charge in [-0.15, -0.1) is 0 Å². The van der Waals surface area contributed by atoms with Gasteiger partial charge in [0, 0.05) is 31.2 Å². The quantitative estimate of drug-likeness (QED) is 0.725. The first kappa shape index (κ1) is 10.1. The first-order valence-corrected chi connectivity index (χ1v) is 5.06. The molecular formula is C11H15N3O. The van der Waals surface area contributed by atoms with Gasteiger partial charge in [-0.05, 0) is 11.6 Å². The summed E-state index contributed by atoms with van der Waals surface area (Å²) >= 11 is 0. The summed E-state index contributed by atoms with van der Waals surface area (Å²) in [5, 5.41) is 0. The number of carbonyl (C=O) groups excluding carboxylic acids is 1. The summed E-state index contributed by atoms with van der Waals surface area (Å²) in [7, 11) is 0. The Kier molecular flexibility index (Phi) is 2.70. The Morgan fingerprint density at radius 3 is 2.73 bits per heavy atom. The van der Waals surface area contributed by atoms with Gasteiger partial charge in [-0.2, -0.15) is 0 Å². The van der Waals surface area contributed by atoms with Gasteiger partial charge in [0.2, 0.25) is 5.91 Å². The molecule has 1 aliphatic heterocycles. The third-order valence-corrected chi connectivity index (χ3v) is 2.66. The summed E-state index contributed by atoms with van der Waals surface area (Å²) < 4.78 is 0. The van der Waals surface area contributed by atoms with Crippen molar-refractivity contribution >= 4 is 11.6 Å². The third kappa shape index (κ3) is 1.86. The van der Waals surface area contributed by atoms with E-state index in [0.29, 0.717) is 19.5 Å². The molecule has 0 saturated carbocycles. The Labute approximate surface area is 88.9 Å². The molecule has 0 aromatic heterocycles. The highest BCUT2D eigenvalue weighted by molar-refractivity contribution is 5.96. The van der Waals surface area contributed by atoms with Crippen LogP contribution in [0.4, 0.5) is 5.69 Å². The number of carbonyl (C=O) groups is 1. The number of benzene rings is 1. The van der Waals surface area contributed by atoms with Crippen molar-refractivity contribution in [3.05, 3.63) is 29.8 Å². The van der Waals surface area contributed by atoms with E-state index in [1.54, 1.807) is 4.90 Å². The van der Waals surface area contributed by atoms with Crippen molar-refractivity contribution in [2.45, 2.75) is 19.0 Å². The third-order valence-electron chi connectivity index (χ3n) is 2.66. The molecule has 1 aliphatic rings. The standard InChI is InChI=1S/C11H15N3O/c12-6-8-3-1-2-4-10(8)14-7-9(13)5-11(14)15/h1-4,9H,5-7,12-13H2. The topological polar surface area (TPSA) is 72.3 Å². The minimum Gasteiger partial charge on any atom is -0.326 e. The number of para-hydroxylation sites is 1. The van der Waals surface area contributed by atoms with E-state index in [1.807, 2.05) is 24.3 Å². The van der Waals surface area contributed by atoms with Crippen molar-refractivity contribution < 1.29 is 4.79 Å². The summed E-state index contributed by atoms with van der Waals surface area (Å²) in [6, 6.07) is 7.63. The fourth-order valence-corrected chi connectivity index (χ4v) is 1.91. The lowest BCUT2D eigenvalue weighted by Gasteiger charge is -2.19. The van der Waals surface area contributed by atoms with Crippen molar-refractivity contribution in [2.75, 3.05) is 11.4 Å². The smallest absolute Gasteiger partial charge is 0.228 e. The highest BCUT2D eigenvalue weighted by atomic mass is 16.2. The molecule has 15 heavy (non-hydrogen) atoms. The fourth-order valence-electron chi connectivity index (χ4n) is 1.91. The molecule has 4 N–H and O–H groups in total. The number of hydrogen-bond acceptors (Lipinski definition) is 3. The zero-order valence-corrected chi connectivity index (χ0v) is 8.52. The lowest BCUT2D eigenvalue weighted by atomic mass is 10.1. The van der Waals surface area contributed by atoms with E-state index >= 15 is 0 Å². The second-order valence-electron chi connectivity index (χ2n) is 3.80. The molecule has 1 heterocycles. The lowest BCUT2D eigenvalue weighted by Crippen LogP contribution is -2.29. The average molecular weight is 205 g/mol. The van der Waals surface area contributed by atoms with Crippen LogP contribution in [0.1, 0.15) is 12.0 Å². The Balaban J connectivity index is 2.33. The largest absolute Gasteiger partial charge is 0.326 e. The number of amides is 1. The molecule has 1 saturated heterocycles. The van der Waals surface area contributed by atoms with Crippen LogP contribution in [0.25, 0.3) is 0 Å². The second-order valence-corrected chi connectivity index (χ2v) is 3.80. The molecule has 80 valence electrons. The summed E-state index contributed by atoms with van der Waals surface area (Å²) in [5.41, 5.74) is 13.3. The summed E-state index contributed by atoms with van der Waals surface area (Å²) in [6.07, 6.45) is 0.429. The van der Waals surface area contributed by atoms with Crippen LogP contribution in [0.15, 0.2) is 24.3 Å². The molecule has 1 aromatic rings. The molecule has 0 spiro atoms. The SMILES string of the molecule is NCc1ccccc1N1CC(N)CC1=O. The van der Waals surface area contributed by atoms with Crippen LogP contribution in [0.2, 0.25) is 0 Å². The van der Waals surface area contributed by atoms with Crippen molar-refractivity contribution in [3.8, 4) is 0 Å². The van der Waals surface area contributed by atoms with Gasteiger partial charge in [0.1, 0.15) is 0 Å². The number of nitrogens with zero attached hydrogens (tertiary/aromatic N) is 1. The van der Waals surface area contributed by atoms with Crippen molar-refractivity contribution in [1.29, 1.82) is 0 Å². The molecule has 0 aliphatic carbocycles. The summed E-state index contributed by atoms with van der Waals surface area (Å²) in [5.74, 6) is 0.0865. The number of anilines is 1. The van der Waals surface area contributed by atoms with Crippen molar-refractivity contribution in [1.82, 2.24) is 0 Å². The Morgan fingerprint density at radius 1 is 1.40 bits per heavy atom. The summed E-state index contributed by atoms with van der Waals surface area (Å²) in [6.45, 7) is 1.03. The predicted octanol–water partition coefficient (Wildman–Crippen LogP) is 0.209. The molecule has 4 heteroatoms. The molecule has 2 rings (SSSR count). The number of rotatable bonds is 2. The molecule has 0 bridgehead atoms. The van der Waals surface area contributed by atoms with E-state index in [9.17, 15) is 4.79 Å². The van der Waals surface area contributed by atoms with Crippen LogP contribution in [-0.2, 0) is 11.3 Å². The Bertz CT molecular complexity index is 378. The molecule has 1 aromatic carbocycles. The second kappa shape index (κ2) is 4.00. The average Bonchev–Trinajstić information content (AvgIpc) is 2.57. The van der Waals surface area contributed by atoms with Crippen LogP contribution < -0.4 is 16.4 Å². The number of nitrogens with two attached hydrogens (primary N) is 2. The molecule has 1 fully saturated rings. The van der Waals surface area contributed by atoms with Crippen LogP contribution in [0, 0.1) is 0 Å². The molecule has 1 amide bonds. The maximum atomic E-state index is 11.7. The highest BCUT2D eigenvalue weighted by Gasteiger charge is 2.28. The van der Waals surface area contributed by atoms with Crippen molar-refractivity contribution in [2.24, 2.45) is 11.5 Å².